The van der Waals surface area contributed by atoms with Gasteiger partial charge >= 0.3 is 6.09 Å². The number of aliphatic hydroxyl groups is 1. The van der Waals surface area contributed by atoms with Crippen molar-refractivity contribution in [2.75, 3.05) is 56.7 Å². The van der Waals surface area contributed by atoms with Gasteiger partial charge < -0.3 is 39.4 Å². The van der Waals surface area contributed by atoms with Gasteiger partial charge in [-0.05, 0) is 105 Å². The number of carbonyl (C=O) groups is 2. The van der Waals surface area contributed by atoms with E-state index in [0.29, 0.717) is 63.8 Å². The molecule has 1 spiro atoms. The van der Waals surface area contributed by atoms with E-state index in [1.54, 1.807) is 24.0 Å². The first-order chi connectivity index (χ1) is 34.4. The molecular weight excluding hydrogens is 948 g/mol. The number of nitro groups is 1. The Hall–Kier alpha value is -6.51. The fourth-order valence-corrected chi connectivity index (χ4v) is 12.8. The molecule has 2 aliphatic carbocycles. The maximum Gasteiger partial charge on any atom is 0.409 e. The first kappa shape index (κ1) is 49.1. The van der Waals surface area contributed by atoms with Crippen molar-refractivity contribution in [3.63, 3.8) is 0 Å². The zero-order valence-electron chi connectivity index (χ0n) is 40.9. The van der Waals surface area contributed by atoms with E-state index in [2.05, 4.69) is 67.9 Å². The van der Waals surface area contributed by atoms with Gasteiger partial charge in [0.25, 0.3) is 21.6 Å². The molecule has 3 aliphatic heterocycles. The van der Waals surface area contributed by atoms with Crippen LogP contribution in [-0.2, 0) is 14.8 Å². The first-order valence-corrected chi connectivity index (χ1v) is 26.3. The number of carbonyl (C=O) groups excluding carboxylic acids is 2. The van der Waals surface area contributed by atoms with Crippen molar-refractivity contribution >= 4 is 50.1 Å². The number of piperazine rings is 1. The molecule has 2 saturated heterocycles. The Balaban J connectivity index is 0.863. The zero-order valence-corrected chi connectivity index (χ0v) is 41.7. The van der Waals surface area contributed by atoms with Gasteiger partial charge in [-0.3, -0.25) is 19.8 Å². The summed E-state index contributed by atoms with van der Waals surface area (Å²) in [6.07, 6.45) is 8.62. The third kappa shape index (κ3) is 9.63. The van der Waals surface area contributed by atoms with Gasteiger partial charge in [0.2, 0.25) is 0 Å². The summed E-state index contributed by atoms with van der Waals surface area (Å²) in [5.41, 5.74) is 2.25. The van der Waals surface area contributed by atoms with Gasteiger partial charge in [0.15, 0.2) is 11.4 Å². The number of hydrogen-bond donors (Lipinski definition) is 4. The van der Waals surface area contributed by atoms with Gasteiger partial charge in [-0.15, -0.1) is 0 Å². The van der Waals surface area contributed by atoms with Crippen LogP contribution in [0.25, 0.3) is 11.0 Å². The quantitative estimate of drug-likeness (QED) is 0.0719. The molecule has 5 heterocycles. The number of fused-ring (bicyclic) bond motifs is 2. The summed E-state index contributed by atoms with van der Waals surface area (Å²) in [5.74, 6) is -1.18. The van der Waals surface area contributed by atoms with Crippen molar-refractivity contribution in [3.05, 3.63) is 106 Å². The van der Waals surface area contributed by atoms with Crippen molar-refractivity contribution in [2.45, 2.75) is 107 Å². The molecule has 20 heteroatoms. The first-order valence-electron chi connectivity index (χ1n) is 24.8. The van der Waals surface area contributed by atoms with Gasteiger partial charge in [0.1, 0.15) is 29.6 Å². The molecule has 0 unspecified atom stereocenters. The highest BCUT2D eigenvalue weighted by atomic mass is 32.2. The van der Waals surface area contributed by atoms with Crippen LogP contribution in [-0.4, -0.2) is 114 Å². The molecule has 4 fully saturated rings. The molecule has 4 N–H and O–H groups in total. The number of aromatic nitrogens is 2. The molecule has 0 radical (unpaired) electrons. The van der Waals surface area contributed by atoms with Crippen molar-refractivity contribution in [2.24, 2.45) is 11.3 Å². The second-order valence-corrected chi connectivity index (χ2v) is 22.6. The van der Waals surface area contributed by atoms with Crippen LogP contribution < -0.4 is 24.4 Å². The fourth-order valence-electron chi connectivity index (χ4n) is 11.8. The van der Waals surface area contributed by atoms with Crippen LogP contribution in [0.15, 0.2) is 78.0 Å². The third-order valence-electron chi connectivity index (χ3n) is 15.9. The summed E-state index contributed by atoms with van der Waals surface area (Å²) in [7, 11) is -3.32. The molecule has 2 saturated carbocycles. The Morgan fingerprint density at radius 3 is 2.50 bits per heavy atom. The number of pyridine rings is 1. The number of hydrogen-bond acceptors (Lipinski definition) is 14. The molecule has 2 atom stereocenters. The molecule has 18 nitrogen and oxygen atoms in total. The molecule has 5 aliphatic rings. The lowest BCUT2D eigenvalue weighted by Gasteiger charge is -2.58. The van der Waals surface area contributed by atoms with Gasteiger partial charge in [-0.1, -0.05) is 38.1 Å². The topological polar surface area (TPSA) is 222 Å². The second kappa shape index (κ2) is 19.2. The minimum atomic E-state index is -4.74. The highest BCUT2D eigenvalue weighted by Gasteiger charge is 2.50. The number of anilines is 2. The van der Waals surface area contributed by atoms with E-state index < -0.39 is 42.9 Å². The van der Waals surface area contributed by atoms with Crippen LogP contribution in [0.1, 0.15) is 106 Å². The van der Waals surface area contributed by atoms with Crippen molar-refractivity contribution < 1.29 is 46.6 Å². The van der Waals surface area contributed by atoms with Crippen LogP contribution >= 0.6 is 0 Å². The van der Waals surface area contributed by atoms with Crippen molar-refractivity contribution in [1.29, 1.82) is 0 Å². The minimum Gasteiger partial charge on any atom is -0.489 e. The molecule has 10 rings (SSSR count). The summed E-state index contributed by atoms with van der Waals surface area (Å²) in [6.45, 7) is 9.62. The van der Waals surface area contributed by atoms with E-state index in [1.807, 2.05) is 0 Å². The number of amides is 2. The van der Waals surface area contributed by atoms with Crippen molar-refractivity contribution in [1.82, 2.24) is 24.5 Å². The molecule has 72 heavy (non-hydrogen) atoms. The Morgan fingerprint density at radius 2 is 1.78 bits per heavy atom. The lowest BCUT2D eigenvalue weighted by atomic mass is 9.59. The maximum atomic E-state index is 14.7. The number of ether oxygens (including phenoxy) is 3. The Labute approximate surface area is 417 Å². The normalized spacial score (nSPS) is 23.5. The molecule has 3 aromatic carbocycles. The third-order valence-corrected chi connectivity index (χ3v) is 17.2. The maximum absolute atomic E-state index is 14.7. The second-order valence-electron chi connectivity index (χ2n) is 20.9. The Kier molecular flexibility index (Phi) is 13.1. The number of piperidine rings is 1. The average Bonchev–Trinajstić information content (AvgIpc) is 3.73. The highest BCUT2D eigenvalue weighted by Crippen LogP contribution is 2.54. The van der Waals surface area contributed by atoms with Gasteiger partial charge in [-0.25, -0.2) is 27.3 Å². The smallest absolute Gasteiger partial charge is 0.409 e. The van der Waals surface area contributed by atoms with Crippen LogP contribution in [0.2, 0.25) is 0 Å². The molecular formula is C52H61FN8O10S. The lowest BCUT2D eigenvalue weighted by molar-refractivity contribution is -0.384. The number of nitrogens with one attached hydrogen (secondary N) is 3. The van der Waals surface area contributed by atoms with Crippen LogP contribution in [0.4, 0.5) is 26.2 Å². The number of rotatable bonds is 11. The average molecular weight is 1010 g/mol. The predicted molar refractivity (Wildman–Crippen MR) is 267 cm³/mol. The number of nitro benzene ring substituents is 1. The van der Waals surface area contributed by atoms with Gasteiger partial charge in [0.05, 0.1) is 51.8 Å². The van der Waals surface area contributed by atoms with E-state index in [1.165, 1.54) is 42.8 Å². The largest absolute Gasteiger partial charge is 0.489 e. The molecule has 382 valence electrons. The monoisotopic (exact) mass is 1010 g/mol. The van der Waals surface area contributed by atoms with E-state index in [-0.39, 0.29) is 75.6 Å². The molecule has 0 bridgehead atoms. The summed E-state index contributed by atoms with van der Waals surface area (Å²) < 4.78 is 62.2. The summed E-state index contributed by atoms with van der Waals surface area (Å²) in [5, 5.41) is 26.2. The summed E-state index contributed by atoms with van der Waals surface area (Å²) >= 11 is 0. The van der Waals surface area contributed by atoms with E-state index in [9.17, 15) is 37.6 Å². The zero-order chi connectivity index (χ0) is 50.7. The van der Waals surface area contributed by atoms with Gasteiger partial charge in [-0.2, -0.15) is 0 Å². The number of sulfonamides is 1. The van der Waals surface area contributed by atoms with Crippen LogP contribution in [0.5, 0.6) is 17.2 Å². The van der Waals surface area contributed by atoms with Crippen LogP contribution in [0.3, 0.4) is 0 Å². The van der Waals surface area contributed by atoms with Gasteiger partial charge in [0, 0.05) is 68.8 Å². The molecule has 2 amide bonds. The van der Waals surface area contributed by atoms with E-state index in [0.717, 1.165) is 50.0 Å². The molecule has 5 aromatic rings. The number of halogens is 1. The van der Waals surface area contributed by atoms with Crippen molar-refractivity contribution in [3.8, 4) is 17.2 Å². The summed E-state index contributed by atoms with van der Waals surface area (Å²) in [6, 6.07) is 17.0. The summed E-state index contributed by atoms with van der Waals surface area (Å²) in [4.78, 5) is 51.7. The number of aromatic amines is 1. The lowest BCUT2D eigenvalue weighted by Crippen LogP contribution is -2.60. The fraction of sp³-hybridized carbons (Fsp3) is 0.481. The van der Waals surface area contributed by atoms with E-state index >= 15 is 0 Å². The minimum absolute atomic E-state index is 0.0145. The number of H-pyrrole nitrogens is 1. The van der Waals surface area contributed by atoms with Crippen LogP contribution in [0, 0.1) is 27.3 Å². The molecule has 2 aromatic heterocycles. The standard InChI is InChI=1S/C52H61FN8O10S/c1-31(2)37-7-5-6-8-38(37)44-29-59(50(63)69-4)19-20-60(44)34-25-52(26-34)15-17-58(18-16-52)33-9-10-39(45(21-33)71-35-22-40-41(53)28-55-48(40)54-27-35)49(62)57-72(67,68)36-23-43(61(65)66)47-46(24-36)70-30-42(56-47)32-11-13-51(3,64)14-12-32/h5-10,21-24,27-28,31-32,34,42,44,56,64H,11-20,25-26,29-30H2,1-4H3,(H,54,55)(H,57,62)/t32-,42-,44-,51-/m1/s1. The predicted octanol–water partition coefficient (Wildman–Crippen LogP) is 8.63. The SMILES string of the molecule is COC(=O)N1CCN(C2CC3(CCN(c4ccc(C(=O)NS(=O)(=O)c5cc6c(c([N+](=O)[O-])c5)N[C@@H]([C@H]5CC[C@](C)(O)CC5)CO6)c(Oc5cnc6[nH]cc(F)c6c5)c4)CC3)C2)[C@@H](c2ccccc2C(C)C)C1. The Bertz CT molecular complexity index is 3010. The highest BCUT2D eigenvalue weighted by molar-refractivity contribution is 7.90. The number of nitrogens with zero attached hydrogens (tertiary/aromatic N) is 5. The van der Waals surface area contributed by atoms with E-state index in [4.69, 9.17) is 14.2 Å². The number of methoxy groups -OCH3 is 1. The number of benzene rings is 3. The Morgan fingerprint density at radius 1 is 1.03 bits per heavy atom.